The second-order valence-corrected chi connectivity index (χ2v) is 27.0. The molecule has 0 aliphatic carbocycles. The second kappa shape index (κ2) is 65.3. The van der Waals surface area contributed by atoms with Gasteiger partial charge >= 0.3 is 0 Å². The Kier molecular flexibility index (Phi) is 62.4. The molecule has 0 unspecified atom stereocenters. The number of rotatable bonds is 68. The maximum atomic E-state index is 14.4. The molecule has 1 N–H and O–H groups in total. The van der Waals surface area contributed by atoms with E-state index in [0.29, 0.717) is 6.42 Å². The molecule has 0 saturated heterocycles. The first-order valence-corrected chi connectivity index (χ1v) is 38.6. The quantitative estimate of drug-likeness (QED) is 0.0661. The van der Waals surface area contributed by atoms with Gasteiger partial charge in [0, 0.05) is 12.0 Å². The zero-order valence-electron chi connectivity index (χ0n) is 56.8. The molecule has 0 saturated carbocycles. The lowest BCUT2D eigenvalue weighted by Gasteiger charge is -2.18. The lowest BCUT2D eigenvalue weighted by molar-refractivity contribution is -0.120. The normalized spacial score (nSPS) is 11.6. The summed E-state index contributed by atoms with van der Waals surface area (Å²) in [7, 11) is 0. The number of carbonyl (C=O) groups excluding carboxylic acids is 2. The smallest absolute Gasteiger partial charge is 0.258 e. The van der Waals surface area contributed by atoms with E-state index in [2.05, 4.69) is 45.1 Å². The first-order chi connectivity index (χ1) is 40.6. The number of carbonyl (C=O) groups is 2. The molecule has 482 valence electrons. The summed E-state index contributed by atoms with van der Waals surface area (Å²) in [6.07, 6.45) is 89.5. The lowest BCUT2D eigenvalue weighted by atomic mass is 9.88. The van der Waals surface area contributed by atoms with Crippen molar-refractivity contribution < 1.29 is 9.59 Å². The predicted molar refractivity (Wildman–Crippen MR) is 368 cm³/mol. The van der Waals surface area contributed by atoms with Crippen LogP contribution in [-0.4, -0.2) is 11.8 Å². The summed E-state index contributed by atoms with van der Waals surface area (Å²) in [6, 6.07) is 4.76. The molecule has 0 aliphatic heterocycles. The third kappa shape index (κ3) is 53.8. The van der Waals surface area contributed by atoms with Gasteiger partial charge in [-0.2, -0.15) is 0 Å². The van der Waals surface area contributed by atoms with Crippen LogP contribution in [0.15, 0.2) is 12.1 Å². The molecule has 0 aromatic heterocycles. The number of nitrogens with one attached hydrogen (secondary N) is 1. The van der Waals surface area contributed by atoms with Crippen LogP contribution in [0.1, 0.15) is 466 Å². The van der Waals surface area contributed by atoms with Crippen molar-refractivity contribution in [1.29, 1.82) is 0 Å². The number of amides is 2. The van der Waals surface area contributed by atoms with Gasteiger partial charge in [-0.3, -0.25) is 14.9 Å². The Morgan fingerprint density at radius 3 is 0.744 bits per heavy atom. The third-order valence-corrected chi connectivity index (χ3v) is 18.8. The Hall–Kier alpha value is -1.64. The van der Waals surface area contributed by atoms with Crippen LogP contribution in [0, 0.1) is 0 Å². The van der Waals surface area contributed by atoms with Gasteiger partial charge in [0.2, 0.25) is 5.91 Å². The number of aryl methyl sites for hydroxylation is 2. The summed E-state index contributed by atoms with van der Waals surface area (Å²) in [5.74, 6) is -0.199. The number of hydrogen-bond acceptors (Lipinski definition) is 2. The van der Waals surface area contributed by atoms with Crippen LogP contribution >= 0.6 is 0 Å². The molecule has 0 radical (unpaired) electrons. The number of imide groups is 1. The molecule has 0 spiro atoms. The lowest BCUT2D eigenvalue weighted by Crippen LogP contribution is -2.31. The first kappa shape index (κ1) is 78.4. The molecule has 0 heterocycles. The molecule has 3 heteroatoms. The van der Waals surface area contributed by atoms with Crippen molar-refractivity contribution in [1.82, 2.24) is 5.32 Å². The number of hydrogen-bond donors (Lipinski definition) is 1. The van der Waals surface area contributed by atoms with E-state index in [9.17, 15) is 9.59 Å². The van der Waals surface area contributed by atoms with Gasteiger partial charge in [0.25, 0.3) is 5.91 Å². The molecule has 2 amide bonds. The molecule has 0 aliphatic rings. The SMILES string of the molecule is CCCCCCCCCCCCCCCCCCc1cc(CCCCCCCCCCCCCCCCCC)c(CCCCCCCCCCCCCCCCCC)c(C(=O)NC(=O)CCCCCCCCCCCCCCCCC)c1. The molecular weight excluding hydrogens is 995 g/mol. The molecule has 0 fully saturated rings. The average molecular weight is 1150 g/mol. The predicted octanol–water partition coefficient (Wildman–Crippen LogP) is 27.6. The number of benzene rings is 1. The standard InChI is InChI=1S/C79H149NO2/c1-5-9-13-17-21-25-29-33-37-41-44-48-52-56-60-64-68-74-72-75(69-65-61-57-53-49-45-42-38-34-30-26-22-18-14-10-6-2)76(70-66-62-58-54-50-46-43-39-35-31-27-23-19-15-11-7-3)77(73-74)79(82)80-78(81)71-67-63-59-55-51-47-40-36-32-28-24-20-16-12-8-4/h72-73H,5-71H2,1-4H3,(H,80,81,82). The average Bonchev–Trinajstić information content (AvgIpc) is 3.48. The summed E-state index contributed by atoms with van der Waals surface area (Å²) in [6.45, 7) is 9.23. The molecule has 82 heavy (non-hydrogen) atoms. The van der Waals surface area contributed by atoms with E-state index in [1.807, 2.05) is 0 Å². The van der Waals surface area contributed by atoms with Crippen LogP contribution in [0.2, 0.25) is 0 Å². The van der Waals surface area contributed by atoms with Gasteiger partial charge in [-0.25, -0.2) is 0 Å². The highest BCUT2D eigenvalue weighted by Crippen LogP contribution is 2.27. The summed E-state index contributed by atoms with van der Waals surface area (Å²) >= 11 is 0. The van der Waals surface area contributed by atoms with Gasteiger partial charge < -0.3 is 0 Å². The van der Waals surface area contributed by atoms with E-state index in [1.54, 1.807) is 0 Å². The van der Waals surface area contributed by atoms with Crippen molar-refractivity contribution in [3.63, 3.8) is 0 Å². The summed E-state index contributed by atoms with van der Waals surface area (Å²) in [5.41, 5.74) is 4.83. The van der Waals surface area contributed by atoms with Gasteiger partial charge in [-0.1, -0.05) is 413 Å². The van der Waals surface area contributed by atoms with Crippen LogP contribution < -0.4 is 5.32 Å². The van der Waals surface area contributed by atoms with E-state index in [1.165, 1.54) is 402 Å². The van der Waals surface area contributed by atoms with Crippen molar-refractivity contribution in [2.24, 2.45) is 0 Å². The van der Waals surface area contributed by atoms with Gasteiger partial charge in [0.05, 0.1) is 0 Å². The van der Waals surface area contributed by atoms with Crippen LogP contribution in [0.3, 0.4) is 0 Å². The number of unbranched alkanes of at least 4 members (excludes halogenated alkanes) is 59. The van der Waals surface area contributed by atoms with E-state index in [0.717, 1.165) is 44.1 Å². The summed E-state index contributed by atoms with van der Waals surface area (Å²) < 4.78 is 0. The largest absolute Gasteiger partial charge is 0.292 e. The zero-order chi connectivity index (χ0) is 59.0. The van der Waals surface area contributed by atoms with E-state index >= 15 is 0 Å². The van der Waals surface area contributed by atoms with Crippen molar-refractivity contribution in [3.8, 4) is 0 Å². The molecular formula is C79H149NO2. The molecule has 0 atom stereocenters. The second-order valence-electron chi connectivity index (χ2n) is 27.0. The minimum Gasteiger partial charge on any atom is -0.292 e. The Balaban J connectivity index is 2.85. The molecule has 1 aromatic carbocycles. The first-order valence-electron chi connectivity index (χ1n) is 38.6. The van der Waals surface area contributed by atoms with Crippen LogP contribution in [0.4, 0.5) is 0 Å². The maximum Gasteiger partial charge on any atom is 0.258 e. The Bertz CT molecular complexity index is 1450. The summed E-state index contributed by atoms with van der Waals surface area (Å²) in [5, 5.41) is 2.97. The van der Waals surface area contributed by atoms with Gasteiger partial charge in [-0.05, 0) is 67.7 Å². The fourth-order valence-electron chi connectivity index (χ4n) is 13.2. The maximum absolute atomic E-state index is 14.4. The fraction of sp³-hybridized carbons (Fsp3) is 0.899. The highest BCUT2D eigenvalue weighted by molar-refractivity contribution is 6.05. The van der Waals surface area contributed by atoms with E-state index in [-0.39, 0.29) is 11.8 Å². The van der Waals surface area contributed by atoms with Crippen LogP contribution in [-0.2, 0) is 24.1 Å². The zero-order valence-corrected chi connectivity index (χ0v) is 56.8. The minimum atomic E-state index is -0.125. The van der Waals surface area contributed by atoms with E-state index < -0.39 is 0 Å². The van der Waals surface area contributed by atoms with Crippen molar-refractivity contribution in [2.75, 3.05) is 0 Å². The Morgan fingerprint density at radius 1 is 0.256 bits per heavy atom. The van der Waals surface area contributed by atoms with Gasteiger partial charge in [-0.15, -0.1) is 0 Å². The minimum absolute atomic E-state index is 0.0735. The topological polar surface area (TPSA) is 46.2 Å². The van der Waals surface area contributed by atoms with Crippen LogP contribution in [0.25, 0.3) is 0 Å². The van der Waals surface area contributed by atoms with Crippen LogP contribution in [0.5, 0.6) is 0 Å². The molecule has 1 rings (SSSR count). The third-order valence-electron chi connectivity index (χ3n) is 18.8. The monoisotopic (exact) mass is 1140 g/mol. The highest BCUT2D eigenvalue weighted by atomic mass is 16.2. The highest BCUT2D eigenvalue weighted by Gasteiger charge is 2.19. The van der Waals surface area contributed by atoms with E-state index in [4.69, 9.17) is 0 Å². The van der Waals surface area contributed by atoms with Crippen molar-refractivity contribution in [3.05, 3.63) is 34.4 Å². The molecule has 3 nitrogen and oxygen atoms in total. The molecule has 1 aromatic rings. The Labute approximate surface area is 516 Å². The fourth-order valence-corrected chi connectivity index (χ4v) is 13.2. The van der Waals surface area contributed by atoms with Crippen molar-refractivity contribution >= 4 is 11.8 Å². The van der Waals surface area contributed by atoms with Gasteiger partial charge in [0.15, 0.2) is 0 Å². The van der Waals surface area contributed by atoms with Gasteiger partial charge in [0.1, 0.15) is 0 Å². The molecule has 0 bridgehead atoms. The summed E-state index contributed by atoms with van der Waals surface area (Å²) in [4.78, 5) is 27.9. The Morgan fingerprint density at radius 2 is 0.476 bits per heavy atom. The van der Waals surface area contributed by atoms with Crippen molar-refractivity contribution in [2.45, 2.75) is 458 Å².